The molecule has 0 amide bonds. The van der Waals surface area contributed by atoms with Crippen molar-refractivity contribution in [2.75, 3.05) is 0 Å². The van der Waals surface area contributed by atoms with E-state index >= 15 is 0 Å². The largest absolute Gasteiger partial charge is 0.324 e. The molecule has 2 nitrogen and oxygen atoms in total. The van der Waals surface area contributed by atoms with Crippen LogP contribution in [0.1, 0.15) is 44.1 Å². The van der Waals surface area contributed by atoms with Crippen molar-refractivity contribution in [1.82, 2.24) is 5.32 Å². The van der Waals surface area contributed by atoms with Gasteiger partial charge >= 0.3 is 0 Å². The molecule has 2 aliphatic rings. The zero-order chi connectivity index (χ0) is 12.4. The number of nitrogens with one attached hydrogen (secondary N) is 1. The van der Waals surface area contributed by atoms with Crippen molar-refractivity contribution in [1.29, 1.82) is 0 Å². The van der Waals surface area contributed by atoms with Gasteiger partial charge in [0, 0.05) is 18.1 Å². The molecule has 2 heteroatoms. The molecule has 1 aromatic rings. The molecule has 2 fully saturated rings. The van der Waals surface area contributed by atoms with Crippen molar-refractivity contribution in [3.8, 4) is 0 Å². The van der Waals surface area contributed by atoms with Crippen molar-refractivity contribution in [2.24, 2.45) is 11.7 Å². The summed E-state index contributed by atoms with van der Waals surface area (Å²) in [5.74, 6) is 0.807. The molecule has 2 aliphatic carbocycles. The van der Waals surface area contributed by atoms with Crippen molar-refractivity contribution < 1.29 is 0 Å². The molecular formula is C16H24N2. The highest BCUT2D eigenvalue weighted by Crippen LogP contribution is 2.43. The van der Waals surface area contributed by atoms with E-state index in [0.29, 0.717) is 6.04 Å². The van der Waals surface area contributed by atoms with Crippen LogP contribution in [0.5, 0.6) is 0 Å². The van der Waals surface area contributed by atoms with E-state index in [9.17, 15) is 0 Å². The second kappa shape index (κ2) is 5.02. The predicted molar refractivity (Wildman–Crippen MR) is 75.2 cm³/mol. The van der Waals surface area contributed by atoms with Crippen LogP contribution in [0.3, 0.4) is 0 Å². The highest BCUT2D eigenvalue weighted by Gasteiger charge is 2.48. The summed E-state index contributed by atoms with van der Waals surface area (Å²) in [4.78, 5) is 0. The maximum absolute atomic E-state index is 6.47. The lowest BCUT2D eigenvalue weighted by Crippen LogP contribution is -2.51. The Labute approximate surface area is 110 Å². The van der Waals surface area contributed by atoms with Crippen molar-refractivity contribution in [3.63, 3.8) is 0 Å². The highest BCUT2D eigenvalue weighted by atomic mass is 15.0. The minimum absolute atomic E-state index is 0.101. The summed E-state index contributed by atoms with van der Waals surface area (Å²) in [6.45, 7) is 0.959. The van der Waals surface area contributed by atoms with Crippen LogP contribution in [0.15, 0.2) is 30.3 Å². The second-order valence-electron chi connectivity index (χ2n) is 6.12. The quantitative estimate of drug-likeness (QED) is 0.836. The second-order valence-corrected chi connectivity index (χ2v) is 6.12. The Kier molecular flexibility index (Phi) is 3.40. The minimum Gasteiger partial charge on any atom is -0.324 e. The Morgan fingerprint density at radius 1 is 1.17 bits per heavy atom. The van der Waals surface area contributed by atoms with E-state index in [4.69, 9.17) is 5.73 Å². The maximum atomic E-state index is 6.47. The molecule has 0 radical (unpaired) electrons. The van der Waals surface area contributed by atoms with Crippen LogP contribution in [-0.2, 0) is 6.54 Å². The van der Waals surface area contributed by atoms with E-state index in [1.807, 2.05) is 0 Å². The smallest absolute Gasteiger partial charge is 0.0314 e. The molecule has 1 atom stereocenters. The molecule has 0 aliphatic heterocycles. The maximum Gasteiger partial charge on any atom is 0.0314 e. The topological polar surface area (TPSA) is 38.0 Å². The highest BCUT2D eigenvalue weighted by molar-refractivity contribution is 5.16. The number of benzene rings is 1. The SMILES string of the molecule is NC1(C(NCc2ccccc2)C2CCCC2)CC1. The Hall–Kier alpha value is -0.860. The van der Waals surface area contributed by atoms with E-state index in [0.717, 1.165) is 12.5 Å². The van der Waals surface area contributed by atoms with Crippen molar-refractivity contribution in [3.05, 3.63) is 35.9 Å². The minimum atomic E-state index is 0.101. The van der Waals surface area contributed by atoms with Gasteiger partial charge in [-0.1, -0.05) is 43.2 Å². The Morgan fingerprint density at radius 3 is 2.44 bits per heavy atom. The third-order valence-corrected chi connectivity index (χ3v) is 4.69. The lowest BCUT2D eigenvalue weighted by atomic mass is 9.90. The first-order valence-electron chi connectivity index (χ1n) is 7.34. The monoisotopic (exact) mass is 244 g/mol. The van der Waals surface area contributed by atoms with Crippen LogP contribution in [0.4, 0.5) is 0 Å². The summed E-state index contributed by atoms with van der Waals surface area (Å²) in [5.41, 5.74) is 7.94. The Bertz CT molecular complexity index is 377. The van der Waals surface area contributed by atoms with Gasteiger partial charge in [0.2, 0.25) is 0 Å². The summed E-state index contributed by atoms with van der Waals surface area (Å²) in [6.07, 6.45) is 7.93. The normalized spacial score (nSPS) is 24.1. The van der Waals surface area contributed by atoms with E-state index in [1.54, 1.807) is 0 Å². The van der Waals surface area contributed by atoms with E-state index in [1.165, 1.54) is 44.1 Å². The lowest BCUT2D eigenvalue weighted by Gasteiger charge is -2.30. The summed E-state index contributed by atoms with van der Waals surface area (Å²) >= 11 is 0. The summed E-state index contributed by atoms with van der Waals surface area (Å²) < 4.78 is 0. The first kappa shape index (κ1) is 12.2. The number of rotatable bonds is 5. The fraction of sp³-hybridized carbons (Fsp3) is 0.625. The van der Waals surface area contributed by atoms with Crippen LogP contribution >= 0.6 is 0 Å². The van der Waals surface area contributed by atoms with Crippen LogP contribution in [0.25, 0.3) is 0 Å². The zero-order valence-electron chi connectivity index (χ0n) is 11.1. The van der Waals surface area contributed by atoms with E-state index < -0.39 is 0 Å². The van der Waals surface area contributed by atoms with Crippen LogP contribution in [0, 0.1) is 5.92 Å². The van der Waals surface area contributed by atoms with Gasteiger partial charge in [-0.15, -0.1) is 0 Å². The molecule has 3 rings (SSSR count). The fourth-order valence-corrected chi connectivity index (χ4v) is 3.41. The molecule has 18 heavy (non-hydrogen) atoms. The molecule has 98 valence electrons. The molecule has 0 heterocycles. The third kappa shape index (κ3) is 2.60. The summed E-state index contributed by atoms with van der Waals surface area (Å²) in [6, 6.07) is 11.2. The summed E-state index contributed by atoms with van der Waals surface area (Å²) in [5, 5.41) is 3.76. The standard InChI is InChI=1S/C16H24N2/c17-16(10-11-16)15(14-8-4-5-9-14)18-12-13-6-2-1-3-7-13/h1-3,6-7,14-15,18H,4-5,8-12,17H2. The Morgan fingerprint density at radius 2 is 1.83 bits per heavy atom. The van der Waals surface area contributed by atoms with Gasteiger partial charge in [0.25, 0.3) is 0 Å². The zero-order valence-corrected chi connectivity index (χ0v) is 11.1. The average molecular weight is 244 g/mol. The van der Waals surface area contributed by atoms with Gasteiger partial charge in [0.15, 0.2) is 0 Å². The first-order chi connectivity index (χ1) is 8.78. The van der Waals surface area contributed by atoms with Gasteiger partial charge in [-0.2, -0.15) is 0 Å². The van der Waals surface area contributed by atoms with Crippen LogP contribution in [-0.4, -0.2) is 11.6 Å². The van der Waals surface area contributed by atoms with Gasteiger partial charge in [-0.05, 0) is 37.2 Å². The third-order valence-electron chi connectivity index (χ3n) is 4.69. The molecular weight excluding hydrogens is 220 g/mol. The van der Waals surface area contributed by atoms with Gasteiger partial charge in [0.1, 0.15) is 0 Å². The molecule has 0 saturated heterocycles. The molecule has 0 spiro atoms. The molecule has 1 aromatic carbocycles. The molecule has 0 aromatic heterocycles. The molecule has 3 N–H and O–H groups in total. The van der Waals surface area contributed by atoms with Gasteiger partial charge in [-0.3, -0.25) is 0 Å². The van der Waals surface area contributed by atoms with Gasteiger partial charge < -0.3 is 11.1 Å². The first-order valence-corrected chi connectivity index (χ1v) is 7.34. The lowest BCUT2D eigenvalue weighted by molar-refractivity contribution is 0.295. The van der Waals surface area contributed by atoms with Gasteiger partial charge in [0.05, 0.1) is 0 Å². The Balaban J connectivity index is 1.63. The summed E-state index contributed by atoms with van der Waals surface area (Å²) in [7, 11) is 0. The molecule has 0 bridgehead atoms. The fourth-order valence-electron chi connectivity index (χ4n) is 3.41. The van der Waals surface area contributed by atoms with Crippen molar-refractivity contribution >= 4 is 0 Å². The number of nitrogens with two attached hydrogens (primary N) is 1. The predicted octanol–water partition coefficient (Wildman–Crippen LogP) is 2.83. The van der Waals surface area contributed by atoms with E-state index in [2.05, 4.69) is 35.6 Å². The molecule has 1 unspecified atom stereocenters. The van der Waals surface area contributed by atoms with Crippen LogP contribution in [0.2, 0.25) is 0 Å². The van der Waals surface area contributed by atoms with Gasteiger partial charge in [-0.25, -0.2) is 0 Å². The van der Waals surface area contributed by atoms with Crippen molar-refractivity contribution in [2.45, 2.75) is 56.7 Å². The van der Waals surface area contributed by atoms with Crippen LogP contribution < -0.4 is 11.1 Å². The number of hydrogen-bond donors (Lipinski definition) is 2. The molecule has 2 saturated carbocycles. The van der Waals surface area contributed by atoms with E-state index in [-0.39, 0.29) is 5.54 Å². The number of hydrogen-bond acceptors (Lipinski definition) is 2. The average Bonchev–Trinajstić information content (AvgIpc) is 2.93.